The van der Waals surface area contributed by atoms with E-state index in [0.29, 0.717) is 51.6 Å². The number of rotatable bonds is 26. The molecule has 21 heteroatoms. The molecular weight excluding hydrogens is 1170 g/mol. The summed E-state index contributed by atoms with van der Waals surface area (Å²) in [5, 5.41) is 20.4. The number of carbonyl (C=O) groups excluding carboxylic acids is 8. The zero-order valence-corrected chi connectivity index (χ0v) is 56.0. The van der Waals surface area contributed by atoms with Crippen LogP contribution in [0.5, 0.6) is 0 Å². The van der Waals surface area contributed by atoms with E-state index in [1.807, 2.05) is 90.1 Å². The van der Waals surface area contributed by atoms with E-state index in [1.54, 1.807) is 85.2 Å². The number of ether oxygens (including phenoxy) is 3. The highest BCUT2D eigenvalue weighted by atomic mass is 16.6. The second-order valence-electron chi connectivity index (χ2n) is 25.4. The van der Waals surface area contributed by atoms with Crippen molar-refractivity contribution >= 4 is 87.0 Å². The number of nitrogens with zero attached hydrogens (tertiary/aromatic N) is 4. The number of nitrogens with one attached hydrogen (secondary N) is 4. The second kappa shape index (κ2) is 36.0. The fourth-order valence-corrected chi connectivity index (χ4v) is 10.2. The van der Waals surface area contributed by atoms with Gasteiger partial charge in [-0.3, -0.25) is 63.1 Å². The van der Waals surface area contributed by atoms with Gasteiger partial charge >= 0.3 is 23.9 Å². The van der Waals surface area contributed by atoms with E-state index >= 15 is 0 Å². The molecule has 0 aliphatic carbocycles. The fourth-order valence-electron chi connectivity index (χ4n) is 10.2. The number of aliphatic carboxylic acids is 1. The minimum atomic E-state index is -0.869. The lowest BCUT2D eigenvalue weighted by atomic mass is 9.86. The molecule has 21 nitrogen and oxygen atoms in total. The number of Topliss-reactive ketones (excluding diaryl/α,β-unsaturated/α-hetero) is 1. The van der Waals surface area contributed by atoms with E-state index in [0.717, 1.165) is 44.1 Å². The molecule has 4 heterocycles. The molecule has 10 atom stereocenters. The smallest absolute Gasteiger partial charge is 0.325 e. The Labute approximate surface area is 542 Å². The summed E-state index contributed by atoms with van der Waals surface area (Å²) in [6.07, 6.45) is 12.6. The Kier molecular flexibility index (Phi) is 29.7. The first-order valence-electron chi connectivity index (χ1n) is 31.7. The van der Waals surface area contributed by atoms with Crippen molar-refractivity contribution in [3.63, 3.8) is 0 Å². The maximum Gasteiger partial charge on any atom is 0.325 e. The number of hydrazine groups is 2. The number of fused-ring (bicyclic) bond motifs is 2. The molecular formula is C71H98N8O13. The van der Waals surface area contributed by atoms with Crippen LogP contribution in [0.4, 0.5) is 0 Å². The van der Waals surface area contributed by atoms with Crippen LogP contribution in [0.15, 0.2) is 99.4 Å². The van der Waals surface area contributed by atoms with Gasteiger partial charge in [0.25, 0.3) is 11.8 Å². The van der Waals surface area contributed by atoms with Crippen molar-refractivity contribution in [1.29, 1.82) is 0 Å². The number of carboxylic acid groups (broad SMARTS) is 1. The number of hydrogen-bond donors (Lipinski definition) is 5. The van der Waals surface area contributed by atoms with E-state index in [1.165, 1.54) is 10.0 Å². The number of carboxylic acids is 1. The number of hydrogen-bond acceptors (Lipinski definition) is 16. The minimum absolute atomic E-state index is 0.00165. The predicted molar refractivity (Wildman–Crippen MR) is 356 cm³/mol. The van der Waals surface area contributed by atoms with Gasteiger partial charge in [0.15, 0.2) is 0 Å². The molecule has 4 amide bonds. The number of allylic oxidation sites excluding steroid dienone is 2. The number of carbonyl (C=O) groups is 9. The summed E-state index contributed by atoms with van der Waals surface area (Å²) < 4.78 is 16.9. The lowest BCUT2D eigenvalue weighted by Gasteiger charge is -2.35. The van der Waals surface area contributed by atoms with Crippen LogP contribution < -0.4 is 21.5 Å². The van der Waals surface area contributed by atoms with Gasteiger partial charge in [-0.15, -0.1) is 13.2 Å². The van der Waals surface area contributed by atoms with Gasteiger partial charge in [0.2, 0.25) is 11.8 Å². The Morgan fingerprint density at radius 3 is 1.36 bits per heavy atom. The van der Waals surface area contributed by atoms with Gasteiger partial charge in [-0.05, 0) is 157 Å². The van der Waals surface area contributed by atoms with Crippen LogP contribution >= 0.6 is 0 Å². The van der Waals surface area contributed by atoms with Crippen molar-refractivity contribution in [3.8, 4) is 0 Å². The van der Waals surface area contributed by atoms with Gasteiger partial charge in [-0.2, -0.15) is 0 Å². The second-order valence-corrected chi connectivity index (χ2v) is 25.4. The molecule has 2 aromatic heterocycles. The number of pyridine rings is 2. The van der Waals surface area contributed by atoms with Crippen molar-refractivity contribution in [2.45, 2.75) is 183 Å². The zero-order chi connectivity index (χ0) is 68.7. The molecule has 4 aromatic rings. The van der Waals surface area contributed by atoms with Crippen molar-refractivity contribution in [1.82, 2.24) is 41.5 Å². The maximum atomic E-state index is 13.2. The van der Waals surface area contributed by atoms with Gasteiger partial charge in [0.05, 0.1) is 29.6 Å². The van der Waals surface area contributed by atoms with E-state index in [4.69, 9.17) is 19.3 Å². The number of esters is 3. The third-order valence-electron chi connectivity index (χ3n) is 15.9. The van der Waals surface area contributed by atoms with Gasteiger partial charge in [-0.1, -0.05) is 91.1 Å². The Morgan fingerprint density at radius 1 is 0.598 bits per heavy atom. The number of aromatic nitrogens is 2. The molecule has 2 fully saturated rings. The van der Waals surface area contributed by atoms with Crippen LogP contribution in [0, 0.1) is 35.5 Å². The van der Waals surface area contributed by atoms with E-state index in [2.05, 4.69) is 57.8 Å². The van der Waals surface area contributed by atoms with Crippen LogP contribution in [0.25, 0.3) is 33.7 Å². The quantitative estimate of drug-likeness (QED) is 0.0222. The fraction of sp³-hybridized carbons (Fsp3) is 0.507. The SMILES string of the molecule is C=CC[C@@H](C)C(=O)C[C@H](C(=O)N[C@@H](C)C(=O)N1CCC[C@@H](C(=O)O[C@H](C)c2ccc3cnc(C=C)cc3c2)N1)C(C)C.C=CC[C@@H](C)C(=O)O.C=Cc1cc2cc([C@@H](C)OC(=O)[C@@H]3CCCN(C(=O)[C@H](C)NC(=O)[C@@H](CC(=O)OC(C)(C)C)C(C)C)N3)ccc2cn1. The first kappa shape index (κ1) is 76.0. The van der Waals surface area contributed by atoms with E-state index in [-0.39, 0.29) is 60.0 Å². The van der Waals surface area contributed by atoms with Crippen molar-refractivity contribution < 1.29 is 62.5 Å². The Bertz CT molecular complexity index is 3280. The summed E-state index contributed by atoms with van der Waals surface area (Å²) in [6.45, 7) is 38.5. The lowest BCUT2D eigenvalue weighted by molar-refractivity contribution is -0.158. The number of benzene rings is 2. The molecule has 2 aromatic carbocycles. The maximum absolute atomic E-state index is 13.2. The zero-order valence-electron chi connectivity index (χ0n) is 56.0. The molecule has 0 saturated carbocycles. The molecule has 0 radical (unpaired) electrons. The van der Waals surface area contributed by atoms with Crippen LogP contribution in [0.3, 0.4) is 0 Å². The molecule has 500 valence electrons. The topological polar surface area (TPSA) is 282 Å². The van der Waals surface area contributed by atoms with Crippen molar-refractivity contribution in [2.24, 2.45) is 35.5 Å². The third kappa shape index (κ3) is 23.4. The molecule has 2 aliphatic rings. The van der Waals surface area contributed by atoms with Gasteiger partial charge in [0, 0.05) is 54.5 Å². The Morgan fingerprint density at radius 2 is 1.00 bits per heavy atom. The standard InChI is InChI=1S/C33H44N4O5.C32H44N4O6.C6H10O2/c1-8-11-21(5)30(38)18-28(20(3)4)31(39)35-22(6)32(40)37-15-10-12-29(36-37)33(41)42-23(7)24-13-14-25-19-34-27(9-2)17-26(25)16-24;1-9-25-16-24-15-22(12-13-23(24)18-33-25)21(5)41-31(40)27-11-10-14-36(35-27)30(39)20(4)34-29(38)26(19(2)3)17-28(37)42-32(6,7)8;1-3-4-5(2)6(7)8/h8-9,13-14,16-17,19-23,28-29,36H,1-2,10-12,15,18H2,3-7H3,(H,35,39);9,12-13,15-16,18-21,26-27,35H,1,10-11,14,17H2,2-8H3,(H,34,38);3,5H,1,4H2,2H3,(H,7,8)/t21-,22+,23-,28+,29+;20-,21+,26-,27-;5-/m101/s1. The van der Waals surface area contributed by atoms with Gasteiger partial charge < -0.3 is 30.0 Å². The van der Waals surface area contributed by atoms with Gasteiger partial charge in [-0.25, -0.2) is 10.9 Å². The predicted octanol–water partition coefficient (Wildman–Crippen LogP) is 10.7. The summed E-state index contributed by atoms with van der Waals surface area (Å²) in [6, 6.07) is 12.3. The molecule has 6 rings (SSSR count). The van der Waals surface area contributed by atoms with Crippen LogP contribution in [-0.2, 0) is 57.4 Å². The van der Waals surface area contributed by atoms with Crippen LogP contribution in [0.2, 0.25) is 0 Å². The summed E-state index contributed by atoms with van der Waals surface area (Å²) in [5.41, 5.74) is 8.52. The largest absolute Gasteiger partial charge is 0.481 e. The molecule has 2 saturated heterocycles. The molecule has 92 heavy (non-hydrogen) atoms. The summed E-state index contributed by atoms with van der Waals surface area (Å²) in [4.78, 5) is 122. The van der Waals surface area contributed by atoms with Crippen molar-refractivity contribution in [2.75, 3.05) is 13.1 Å². The molecule has 0 unspecified atom stereocenters. The van der Waals surface area contributed by atoms with Gasteiger partial charge in [0.1, 0.15) is 47.8 Å². The number of amides is 4. The lowest BCUT2D eigenvalue weighted by Crippen LogP contribution is -2.59. The van der Waals surface area contributed by atoms with Crippen molar-refractivity contribution in [3.05, 3.63) is 122 Å². The first-order valence-corrected chi connectivity index (χ1v) is 31.7. The van der Waals surface area contributed by atoms with Crippen LogP contribution in [-0.4, -0.2) is 121 Å². The molecule has 0 bridgehead atoms. The molecule has 0 spiro atoms. The summed E-state index contributed by atoms with van der Waals surface area (Å²) >= 11 is 0. The summed E-state index contributed by atoms with van der Waals surface area (Å²) in [5.74, 6) is -5.53. The first-order chi connectivity index (χ1) is 43.3. The molecule has 2 aliphatic heterocycles. The normalized spacial score (nSPS) is 17.4. The average molecular weight is 1270 g/mol. The highest BCUT2D eigenvalue weighted by Crippen LogP contribution is 2.28. The monoisotopic (exact) mass is 1270 g/mol. The van der Waals surface area contributed by atoms with E-state index < -0.39 is 83.6 Å². The number of ketones is 1. The highest BCUT2D eigenvalue weighted by Gasteiger charge is 2.37. The third-order valence-corrected chi connectivity index (χ3v) is 15.9. The highest BCUT2D eigenvalue weighted by molar-refractivity contribution is 5.93. The molecule has 5 N–H and O–H groups in total. The van der Waals surface area contributed by atoms with E-state index in [9.17, 15) is 43.2 Å². The Balaban J connectivity index is 0.000000350. The minimum Gasteiger partial charge on any atom is -0.481 e. The van der Waals surface area contributed by atoms with Crippen LogP contribution in [0.1, 0.15) is 176 Å². The average Bonchev–Trinajstić information content (AvgIpc) is 0.899. The Hall–Kier alpha value is -8.43. The summed E-state index contributed by atoms with van der Waals surface area (Å²) in [7, 11) is 0.